The molecule has 1 fully saturated rings. The lowest BCUT2D eigenvalue weighted by Gasteiger charge is -2.37. The number of benzene rings is 1. The Hall–Kier alpha value is -1.84. The van der Waals surface area contributed by atoms with Crippen molar-refractivity contribution in [2.75, 3.05) is 13.1 Å². The molecule has 1 unspecified atom stereocenters. The van der Waals surface area contributed by atoms with Crippen molar-refractivity contribution in [3.63, 3.8) is 0 Å². The molecule has 2 aliphatic rings. The summed E-state index contributed by atoms with van der Waals surface area (Å²) in [6, 6.07) is 12.2. The van der Waals surface area contributed by atoms with E-state index in [1.165, 1.54) is 10.6 Å². The highest BCUT2D eigenvalue weighted by Gasteiger charge is 2.41. The minimum atomic E-state index is -0.392. The molecule has 120 valence electrons. The van der Waals surface area contributed by atoms with E-state index < -0.39 is 6.10 Å². The molecule has 1 aromatic heterocycles. The van der Waals surface area contributed by atoms with Crippen LogP contribution >= 0.6 is 0 Å². The van der Waals surface area contributed by atoms with Crippen LogP contribution in [0.15, 0.2) is 42.6 Å². The summed E-state index contributed by atoms with van der Waals surface area (Å²) in [5.74, 6) is 0.485. The van der Waals surface area contributed by atoms with Gasteiger partial charge in [0, 0.05) is 18.1 Å². The molecule has 0 amide bonds. The average molecular weight is 308 g/mol. The number of hydrogen-bond acceptors (Lipinski definition) is 2. The summed E-state index contributed by atoms with van der Waals surface area (Å²) in [6.07, 6.45) is 9.35. The quantitative estimate of drug-likeness (QED) is 0.805. The Balaban J connectivity index is 1.62. The highest BCUT2D eigenvalue weighted by Crippen LogP contribution is 2.45. The Morgan fingerprint density at radius 3 is 2.87 bits per heavy atom. The molecule has 1 aromatic carbocycles. The van der Waals surface area contributed by atoms with Gasteiger partial charge in [0.15, 0.2) is 0 Å². The van der Waals surface area contributed by atoms with Gasteiger partial charge in [0.25, 0.3) is 0 Å². The molecule has 3 N–H and O–H groups in total. The van der Waals surface area contributed by atoms with Crippen molar-refractivity contribution < 1.29 is 5.11 Å². The molecule has 3 atom stereocenters. The van der Waals surface area contributed by atoms with E-state index in [9.17, 15) is 5.11 Å². The van der Waals surface area contributed by atoms with Crippen molar-refractivity contribution >= 4 is 12.2 Å². The SMILES string of the molecule is O[C@H](C[C@]1(C2C=c3cc[nH]c3=CC2)CCNC1)c1ccccc1. The Bertz CT molecular complexity index is 771. The van der Waals surface area contributed by atoms with Gasteiger partial charge in [0.2, 0.25) is 0 Å². The van der Waals surface area contributed by atoms with Gasteiger partial charge >= 0.3 is 0 Å². The summed E-state index contributed by atoms with van der Waals surface area (Å²) in [4.78, 5) is 3.30. The fourth-order valence-corrected chi connectivity index (χ4v) is 4.26. The number of aromatic amines is 1. The molecule has 23 heavy (non-hydrogen) atoms. The first kappa shape index (κ1) is 14.7. The van der Waals surface area contributed by atoms with E-state index in [4.69, 9.17) is 0 Å². The zero-order valence-electron chi connectivity index (χ0n) is 13.3. The predicted octanol–water partition coefficient (Wildman–Crippen LogP) is 1.70. The van der Waals surface area contributed by atoms with Crippen LogP contribution in [0, 0.1) is 11.3 Å². The number of aliphatic hydroxyl groups excluding tert-OH is 1. The number of nitrogens with one attached hydrogen (secondary N) is 2. The molecule has 0 spiro atoms. The molecule has 0 bridgehead atoms. The van der Waals surface area contributed by atoms with Gasteiger partial charge in [-0.15, -0.1) is 0 Å². The zero-order chi connectivity index (χ0) is 15.7. The summed E-state index contributed by atoms with van der Waals surface area (Å²) in [7, 11) is 0. The van der Waals surface area contributed by atoms with E-state index in [0.717, 1.165) is 37.9 Å². The topological polar surface area (TPSA) is 48.0 Å². The molecule has 0 radical (unpaired) electrons. The fraction of sp³-hybridized carbons (Fsp3) is 0.400. The lowest BCUT2D eigenvalue weighted by atomic mass is 9.68. The highest BCUT2D eigenvalue weighted by molar-refractivity contribution is 5.41. The first-order valence-corrected chi connectivity index (χ1v) is 8.56. The van der Waals surface area contributed by atoms with Crippen molar-refractivity contribution in [1.82, 2.24) is 10.3 Å². The van der Waals surface area contributed by atoms with Crippen molar-refractivity contribution in [3.05, 3.63) is 58.7 Å². The molecule has 0 saturated carbocycles. The summed E-state index contributed by atoms with van der Waals surface area (Å²) < 4.78 is 0. The number of hydrogen-bond donors (Lipinski definition) is 3. The van der Waals surface area contributed by atoms with Gasteiger partial charge in [-0.05, 0) is 54.0 Å². The number of rotatable bonds is 4. The average Bonchev–Trinajstić information content (AvgIpc) is 3.24. The third-order valence-corrected chi connectivity index (χ3v) is 5.62. The Morgan fingerprint density at radius 2 is 2.09 bits per heavy atom. The normalized spacial score (nSPS) is 27.8. The van der Waals surface area contributed by atoms with Crippen molar-refractivity contribution in [2.24, 2.45) is 11.3 Å². The minimum Gasteiger partial charge on any atom is -0.388 e. The molecule has 2 heterocycles. The van der Waals surface area contributed by atoms with Crippen LogP contribution in [0.5, 0.6) is 0 Å². The second kappa shape index (κ2) is 5.99. The van der Waals surface area contributed by atoms with Crippen molar-refractivity contribution in [1.29, 1.82) is 0 Å². The van der Waals surface area contributed by atoms with Gasteiger partial charge in [-0.25, -0.2) is 0 Å². The standard InChI is InChI=1S/C20H24N2O/c23-19(15-4-2-1-3-5-15)13-20(9-11-21-14-20)17-6-7-18-16(12-17)8-10-22-18/h1-5,7-8,10,12,17,19,21-23H,6,9,11,13-14H2/t17?,19-,20-/m1/s1. The van der Waals surface area contributed by atoms with Gasteiger partial charge in [-0.1, -0.05) is 42.5 Å². The molecule has 4 rings (SSSR count). The molecule has 3 nitrogen and oxygen atoms in total. The third-order valence-electron chi connectivity index (χ3n) is 5.62. The molecule has 1 aliphatic carbocycles. The van der Waals surface area contributed by atoms with Gasteiger partial charge in [0.05, 0.1) is 6.10 Å². The van der Waals surface area contributed by atoms with Crippen LogP contribution < -0.4 is 15.9 Å². The summed E-state index contributed by atoms with van der Waals surface area (Å²) >= 11 is 0. The van der Waals surface area contributed by atoms with Crippen LogP contribution in [0.2, 0.25) is 0 Å². The Labute approximate surface area is 136 Å². The van der Waals surface area contributed by atoms with Crippen LogP contribution in [0.4, 0.5) is 0 Å². The number of aromatic nitrogens is 1. The van der Waals surface area contributed by atoms with E-state index in [1.54, 1.807) is 0 Å². The summed E-state index contributed by atoms with van der Waals surface area (Å²) in [5.41, 5.74) is 1.17. The van der Waals surface area contributed by atoms with E-state index in [-0.39, 0.29) is 5.41 Å². The van der Waals surface area contributed by atoms with Gasteiger partial charge in [-0.2, -0.15) is 0 Å². The van der Waals surface area contributed by atoms with Crippen LogP contribution in [0.25, 0.3) is 12.2 Å². The summed E-state index contributed by atoms with van der Waals surface area (Å²) in [6.45, 7) is 2.04. The predicted molar refractivity (Wildman–Crippen MR) is 93.0 cm³/mol. The van der Waals surface area contributed by atoms with Crippen molar-refractivity contribution in [2.45, 2.75) is 25.4 Å². The van der Waals surface area contributed by atoms with Gasteiger partial charge < -0.3 is 15.4 Å². The van der Waals surface area contributed by atoms with Crippen LogP contribution in [0.1, 0.15) is 30.9 Å². The third kappa shape index (κ3) is 2.75. The first-order chi connectivity index (χ1) is 11.3. The number of aliphatic hydroxyl groups is 1. The van der Waals surface area contributed by atoms with Gasteiger partial charge in [-0.3, -0.25) is 0 Å². The maximum absolute atomic E-state index is 10.8. The molecular formula is C20H24N2O. The largest absolute Gasteiger partial charge is 0.388 e. The molecule has 3 heteroatoms. The summed E-state index contributed by atoms with van der Waals surface area (Å²) in [5, 5.41) is 16.9. The highest BCUT2D eigenvalue weighted by atomic mass is 16.3. The van der Waals surface area contributed by atoms with Crippen LogP contribution in [0.3, 0.4) is 0 Å². The lowest BCUT2D eigenvalue weighted by Crippen LogP contribution is -2.38. The van der Waals surface area contributed by atoms with E-state index in [0.29, 0.717) is 5.92 Å². The molecule has 2 aromatic rings. The van der Waals surface area contributed by atoms with E-state index >= 15 is 0 Å². The second-order valence-corrected chi connectivity index (χ2v) is 6.98. The van der Waals surface area contributed by atoms with Crippen molar-refractivity contribution in [3.8, 4) is 0 Å². The van der Waals surface area contributed by atoms with Gasteiger partial charge in [0.1, 0.15) is 0 Å². The molecule has 1 saturated heterocycles. The minimum absolute atomic E-state index is 0.140. The Kier molecular flexibility index (Phi) is 3.83. The van der Waals surface area contributed by atoms with E-state index in [1.807, 2.05) is 36.5 Å². The maximum atomic E-state index is 10.8. The molecule has 1 aliphatic heterocycles. The smallest absolute Gasteiger partial charge is 0.0796 e. The monoisotopic (exact) mass is 308 g/mol. The van der Waals surface area contributed by atoms with Crippen LogP contribution in [-0.4, -0.2) is 23.2 Å². The first-order valence-electron chi connectivity index (χ1n) is 8.56. The van der Waals surface area contributed by atoms with Crippen LogP contribution in [-0.2, 0) is 0 Å². The Morgan fingerprint density at radius 1 is 1.22 bits per heavy atom. The fourth-order valence-electron chi connectivity index (χ4n) is 4.26. The zero-order valence-corrected chi connectivity index (χ0v) is 13.3. The molecular weight excluding hydrogens is 284 g/mol. The van der Waals surface area contributed by atoms with E-state index in [2.05, 4.69) is 28.5 Å². The second-order valence-electron chi connectivity index (χ2n) is 6.98. The maximum Gasteiger partial charge on any atom is 0.0796 e. The lowest BCUT2D eigenvalue weighted by molar-refractivity contribution is 0.0856. The number of H-pyrrole nitrogens is 1. The number of fused-ring (bicyclic) bond motifs is 1.